The van der Waals surface area contributed by atoms with Gasteiger partial charge in [-0.15, -0.1) is 0 Å². The van der Waals surface area contributed by atoms with E-state index >= 15 is 0 Å². The van der Waals surface area contributed by atoms with Crippen LogP contribution in [0.2, 0.25) is 0 Å². The van der Waals surface area contributed by atoms with Crippen molar-refractivity contribution in [2.24, 2.45) is 5.73 Å². The molecule has 0 aliphatic heterocycles. The Morgan fingerprint density at radius 1 is 1.34 bits per heavy atom. The van der Waals surface area contributed by atoms with Crippen molar-refractivity contribution in [1.82, 2.24) is 14.3 Å². The summed E-state index contributed by atoms with van der Waals surface area (Å²) in [5.74, 6) is 0.0846. The molecule has 1 fully saturated rings. The molecule has 1 saturated carbocycles. The summed E-state index contributed by atoms with van der Waals surface area (Å²) in [6.07, 6.45) is 2.70. The highest BCUT2D eigenvalue weighted by Gasteiger charge is 2.38. The summed E-state index contributed by atoms with van der Waals surface area (Å²) in [6, 6.07) is 4.10. The van der Waals surface area contributed by atoms with Crippen molar-refractivity contribution in [3.05, 3.63) is 34.7 Å². The van der Waals surface area contributed by atoms with E-state index in [0.29, 0.717) is 22.7 Å². The van der Waals surface area contributed by atoms with Crippen LogP contribution >= 0.6 is 0 Å². The number of sulfonamides is 1. The normalized spacial score (nSPS) is 15.4. The van der Waals surface area contributed by atoms with Crippen molar-refractivity contribution < 1.29 is 22.7 Å². The molecule has 0 bridgehead atoms. The molecule has 1 aliphatic rings. The minimum atomic E-state index is -3.82. The van der Waals surface area contributed by atoms with Crippen LogP contribution in [0, 0.1) is 0 Å². The molecule has 0 unspecified atom stereocenters. The minimum absolute atomic E-state index is 0.0585. The summed E-state index contributed by atoms with van der Waals surface area (Å²) in [6.45, 7) is 4.03. The van der Waals surface area contributed by atoms with E-state index in [2.05, 4.69) is 9.97 Å². The fourth-order valence-corrected chi connectivity index (χ4v) is 5.46. The lowest BCUT2D eigenvalue weighted by Crippen LogP contribution is -2.41. The largest absolute Gasteiger partial charge is 0.513 e. The highest BCUT2D eigenvalue weighted by atomic mass is 32.2. The van der Waals surface area contributed by atoms with Crippen LogP contribution in [0.3, 0.4) is 0 Å². The molecule has 1 aromatic carbocycles. The molecule has 0 radical (unpaired) electrons. The van der Waals surface area contributed by atoms with Crippen molar-refractivity contribution >= 4 is 38.0 Å². The van der Waals surface area contributed by atoms with Gasteiger partial charge in [0.25, 0.3) is 5.56 Å². The average Bonchev–Trinajstić information content (AvgIpc) is 3.50. The third-order valence-corrected chi connectivity index (χ3v) is 7.14. The van der Waals surface area contributed by atoms with Crippen LogP contribution in [0.1, 0.15) is 33.1 Å². The number of nitrogens with one attached hydrogen (secondary N) is 2. The number of hydrogen-bond acceptors (Lipinski definition) is 7. The summed E-state index contributed by atoms with van der Waals surface area (Å²) >= 11 is 0. The number of carbonyl (C=O) groups excluding carboxylic acids is 1. The first-order chi connectivity index (χ1) is 15.2. The van der Waals surface area contributed by atoms with Crippen LogP contribution in [0.15, 0.2) is 34.1 Å². The molecule has 2 heterocycles. The van der Waals surface area contributed by atoms with Gasteiger partial charge in [-0.05, 0) is 44.4 Å². The number of nitrogens with zero attached hydrogens (tertiary/aromatic N) is 1. The molecule has 1 aliphatic carbocycles. The second-order valence-electron chi connectivity index (χ2n) is 8.05. The number of aromatic nitrogens is 2. The van der Waals surface area contributed by atoms with E-state index in [4.69, 9.17) is 15.2 Å². The molecule has 0 spiro atoms. The van der Waals surface area contributed by atoms with E-state index < -0.39 is 21.7 Å². The van der Waals surface area contributed by atoms with Crippen molar-refractivity contribution in [2.45, 2.75) is 50.1 Å². The Morgan fingerprint density at radius 3 is 2.75 bits per heavy atom. The zero-order valence-electron chi connectivity index (χ0n) is 17.9. The topological polar surface area (TPSA) is 148 Å². The Balaban J connectivity index is 1.83. The summed E-state index contributed by atoms with van der Waals surface area (Å²) in [5, 5.41) is 0.733. The number of fused-ring (bicyclic) bond motifs is 3. The lowest BCUT2D eigenvalue weighted by molar-refractivity contribution is 0.0997. The number of ether oxygens (including phenoxy) is 2. The van der Waals surface area contributed by atoms with Gasteiger partial charge in [0, 0.05) is 35.7 Å². The van der Waals surface area contributed by atoms with Crippen LogP contribution in [0.25, 0.3) is 21.8 Å². The lowest BCUT2D eigenvalue weighted by atomic mass is 10.1. The van der Waals surface area contributed by atoms with Gasteiger partial charge in [-0.25, -0.2) is 13.2 Å². The minimum Gasteiger partial charge on any atom is -0.434 e. The highest BCUT2D eigenvalue weighted by molar-refractivity contribution is 7.89. The molecule has 172 valence electrons. The maximum Gasteiger partial charge on any atom is 0.513 e. The zero-order chi connectivity index (χ0) is 23.0. The molecule has 1 atom stereocenters. The number of rotatable bonds is 8. The van der Waals surface area contributed by atoms with Gasteiger partial charge in [0.15, 0.2) is 5.75 Å². The van der Waals surface area contributed by atoms with E-state index in [9.17, 15) is 18.0 Å². The molecule has 4 rings (SSSR count). The van der Waals surface area contributed by atoms with Crippen LogP contribution < -0.4 is 16.0 Å². The number of carbonyl (C=O) groups is 1. The van der Waals surface area contributed by atoms with E-state index in [1.54, 1.807) is 6.92 Å². The van der Waals surface area contributed by atoms with Gasteiger partial charge < -0.3 is 25.2 Å². The standard InChI is InChI=1S/C21H26N4O6S/c1-3-8-30-21(27)31-17-10-23-19-18(17)15-9-14(6-7-16(15)24-20(19)26)32(28,29)25(11-12(2)22)13-4-5-13/h6-7,9-10,12-13,23H,3-5,8,11,22H2,1-2H3,(H,24,26)/t12-/m1/s1. The maximum absolute atomic E-state index is 13.4. The Bertz CT molecular complexity index is 1320. The van der Waals surface area contributed by atoms with Gasteiger partial charge in [-0.3, -0.25) is 4.79 Å². The second kappa shape index (κ2) is 8.57. The van der Waals surface area contributed by atoms with E-state index in [0.717, 1.165) is 12.8 Å². The van der Waals surface area contributed by atoms with Gasteiger partial charge in [-0.1, -0.05) is 6.92 Å². The Hall–Kier alpha value is -2.89. The molecule has 11 heteroatoms. The smallest absolute Gasteiger partial charge is 0.434 e. The number of hydrogen-bond donors (Lipinski definition) is 3. The fraction of sp³-hybridized carbons (Fsp3) is 0.429. The molecule has 3 aromatic rings. The maximum atomic E-state index is 13.4. The first kappa shape index (κ1) is 22.3. The van der Waals surface area contributed by atoms with Crippen LogP contribution in [-0.2, 0) is 14.8 Å². The van der Waals surface area contributed by atoms with Gasteiger partial charge >= 0.3 is 6.16 Å². The van der Waals surface area contributed by atoms with E-state index in [-0.39, 0.29) is 41.4 Å². The molecular weight excluding hydrogens is 436 g/mol. The van der Waals surface area contributed by atoms with Gasteiger partial charge in [0.1, 0.15) is 5.52 Å². The quantitative estimate of drug-likeness (QED) is 0.436. The highest BCUT2D eigenvalue weighted by Crippen LogP contribution is 2.35. The van der Waals surface area contributed by atoms with Gasteiger partial charge in [0.2, 0.25) is 10.0 Å². The van der Waals surface area contributed by atoms with Crippen LogP contribution in [0.4, 0.5) is 4.79 Å². The molecular formula is C21H26N4O6S. The van der Waals surface area contributed by atoms with Crippen LogP contribution in [0.5, 0.6) is 5.75 Å². The number of pyridine rings is 1. The van der Waals surface area contributed by atoms with Crippen LogP contribution in [-0.4, -0.2) is 54.1 Å². The van der Waals surface area contributed by atoms with Crippen molar-refractivity contribution in [1.29, 1.82) is 0 Å². The van der Waals surface area contributed by atoms with Crippen molar-refractivity contribution in [3.8, 4) is 5.75 Å². The van der Waals surface area contributed by atoms with Gasteiger partial charge in [0.05, 0.1) is 16.9 Å². The summed E-state index contributed by atoms with van der Waals surface area (Å²) in [7, 11) is -3.82. The third-order valence-electron chi connectivity index (χ3n) is 5.23. The summed E-state index contributed by atoms with van der Waals surface area (Å²) < 4.78 is 38.5. The first-order valence-electron chi connectivity index (χ1n) is 10.5. The fourth-order valence-electron chi connectivity index (χ4n) is 3.65. The van der Waals surface area contributed by atoms with Gasteiger partial charge in [-0.2, -0.15) is 4.31 Å². The second-order valence-corrected chi connectivity index (χ2v) is 9.94. The molecule has 4 N–H and O–H groups in total. The number of aromatic amines is 2. The SMILES string of the molecule is CCCOC(=O)Oc1c[nH]c2c(=O)[nH]c3ccc(S(=O)(=O)N(C[C@@H](C)N)C4CC4)cc3c12. The number of benzene rings is 1. The van der Waals surface area contributed by atoms with Crippen molar-refractivity contribution in [3.63, 3.8) is 0 Å². The summed E-state index contributed by atoms with van der Waals surface area (Å²) in [4.78, 5) is 30.0. The van der Waals surface area contributed by atoms with E-state index in [1.165, 1.54) is 28.7 Å². The first-order valence-corrected chi connectivity index (χ1v) is 12.0. The monoisotopic (exact) mass is 462 g/mol. The molecule has 32 heavy (non-hydrogen) atoms. The summed E-state index contributed by atoms with van der Waals surface area (Å²) in [5.41, 5.74) is 6.05. The molecule has 0 saturated heterocycles. The molecule has 10 nitrogen and oxygen atoms in total. The molecule has 2 aromatic heterocycles. The van der Waals surface area contributed by atoms with Crippen molar-refractivity contribution in [2.75, 3.05) is 13.2 Å². The number of H-pyrrole nitrogens is 2. The average molecular weight is 463 g/mol. The Kier molecular flexibility index (Phi) is 5.97. The predicted octanol–water partition coefficient (Wildman–Crippen LogP) is 2.44. The predicted molar refractivity (Wildman–Crippen MR) is 119 cm³/mol. The Morgan fingerprint density at radius 2 is 2.09 bits per heavy atom. The lowest BCUT2D eigenvalue weighted by Gasteiger charge is -2.23. The molecule has 0 amide bonds. The number of nitrogens with two attached hydrogens (primary N) is 1. The zero-order valence-corrected chi connectivity index (χ0v) is 18.7. The third kappa shape index (κ3) is 4.23. The van der Waals surface area contributed by atoms with E-state index in [1.807, 2.05) is 6.92 Å². The Labute approximate surface area is 184 Å².